The van der Waals surface area contributed by atoms with Crippen LogP contribution >= 0.6 is 0 Å². The topological polar surface area (TPSA) is 102 Å². The largest absolute Gasteiger partial charge is 0.464 e. The number of rotatable bonds is 5. The summed E-state index contributed by atoms with van der Waals surface area (Å²) in [6.07, 6.45) is -0.476. The lowest BCUT2D eigenvalue weighted by atomic mass is 10.2. The van der Waals surface area contributed by atoms with Gasteiger partial charge in [0.05, 0.1) is 7.11 Å². The Labute approximate surface area is 123 Å². The van der Waals surface area contributed by atoms with Crippen LogP contribution in [0, 0.1) is 0 Å². The van der Waals surface area contributed by atoms with E-state index in [0.29, 0.717) is 18.9 Å². The van der Waals surface area contributed by atoms with Crippen LogP contribution in [0.2, 0.25) is 0 Å². The number of ether oxygens (including phenoxy) is 2. The number of aromatic nitrogens is 2. The molecule has 1 aromatic rings. The maximum Gasteiger partial charge on any atom is 0.407 e. The van der Waals surface area contributed by atoms with E-state index < -0.39 is 17.7 Å². The minimum absolute atomic E-state index is 0.134. The smallest absolute Gasteiger partial charge is 0.407 e. The lowest BCUT2D eigenvalue weighted by molar-refractivity contribution is 0.0528. The molecule has 2 N–H and O–H groups in total. The summed E-state index contributed by atoms with van der Waals surface area (Å²) in [6, 6.07) is 3.11. The van der Waals surface area contributed by atoms with Crippen LogP contribution in [0.25, 0.3) is 0 Å². The number of anilines is 1. The van der Waals surface area contributed by atoms with E-state index in [9.17, 15) is 9.59 Å². The first-order valence-electron chi connectivity index (χ1n) is 6.44. The van der Waals surface area contributed by atoms with Crippen molar-refractivity contribution in [3.63, 3.8) is 0 Å². The SMILES string of the molecule is COC(=O)c1ccc(NCCNC(=O)OC(C)(C)C)nn1. The normalized spacial score (nSPS) is 10.7. The van der Waals surface area contributed by atoms with Gasteiger partial charge in [0.15, 0.2) is 5.69 Å². The molecule has 0 atom stereocenters. The molecule has 0 aliphatic rings. The second-order valence-corrected chi connectivity index (χ2v) is 5.15. The van der Waals surface area contributed by atoms with Crippen LogP contribution in [0.3, 0.4) is 0 Å². The number of hydrogen-bond acceptors (Lipinski definition) is 7. The first kappa shape index (κ1) is 16.7. The van der Waals surface area contributed by atoms with Crippen molar-refractivity contribution >= 4 is 17.9 Å². The molecule has 8 heteroatoms. The van der Waals surface area contributed by atoms with E-state index in [1.165, 1.54) is 13.2 Å². The van der Waals surface area contributed by atoms with Crippen LogP contribution in [0.15, 0.2) is 12.1 Å². The monoisotopic (exact) mass is 296 g/mol. The van der Waals surface area contributed by atoms with Gasteiger partial charge in [0.25, 0.3) is 0 Å². The molecular formula is C13H20N4O4. The zero-order chi connectivity index (χ0) is 15.9. The van der Waals surface area contributed by atoms with E-state index >= 15 is 0 Å². The van der Waals surface area contributed by atoms with Gasteiger partial charge in [-0.05, 0) is 32.9 Å². The predicted molar refractivity (Wildman–Crippen MR) is 76.1 cm³/mol. The van der Waals surface area contributed by atoms with E-state index in [1.54, 1.807) is 26.8 Å². The molecule has 8 nitrogen and oxygen atoms in total. The van der Waals surface area contributed by atoms with Gasteiger partial charge in [-0.15, -0.1) is 10.2 Å². The van der Waals surface area contributed by atoms with Crippen molar-refractivity contribution in [2.75, 3.05) is 25.5 Å². The number of carbonyl (C=O) groups excluding carboxylic acids is 2. The van der Waals surface area contributed by atoms with Gasteiger partial charge < -0.3 is 20.1 Å². The number of methoxy groups -OCH3 is 1. The molecule has 0 aromatic carbocycles. The van der Waals surface area contributed by atoms with Gasteiger partial charge in [0.2, 0.25) is 0 Å². The third-order valence-electron chi connectivity index (χ3n) is 2.16. The Morgan fingerprint density at radius 2 is 1.90 bits per heavy atom. The number of nitrogens with one attached hydrogen (secondary N) is 2. The Balaban J connectivity index is 2.30. The first-order valence-corrected chi connectivity index (χ1v) is 6.44. The van der Waals surface area contributed by atoms with Crippen molar-refractivity contribution < 1.29 is 19.1 Å². The second kappa shape index (κ2) is 7.41. The van der Waals surface area contributed by atoms with Gasteiger partial charge in [0.1, 0.15) is 11.4 Å². The molecule has 0 unspecified atom stereocenters. The summed E-state index contributed by atoms with van der Waals surface area (Å²) in [7, 11) is 1.28. The maximum atomic E-state index is 11.4. The molecule has 0 radical (unpaired) electrons. The molecule has 0 saturated carbocycles. The third-order valence-corrected chi connectivity index (χ3v) is 2.16. The van der Waals surface area contributed by atoms with E-state index in [-0.39, 0.29) is 5.69 Å². The van der Waals surface area contributed by atoms with Crippen molar-refractivity contribution in [2.45, 2.75) is 26.4 Å². The minimum atomic E-state index is -0.541. The lowest BCUT2D eigenvalue weighted by Gasteiger charge is -2.19. The molecule has 1 rings (SSSR count). The van der Waals surface area contributed by atoms with Crippen molar-refractivity contribution in [1.82, 2.24) is 15.5 Å². The van der Waals surface area contributed by atoms with Gasteiger partial charge >= 0.3 is 12.1 Å². The van der Waals surface area contributed by atoms with E-state index in [1.807, 2.05) is 0 Å². The van der Waals surface area contributed by atoms with Crippen molar-refractivity contribution in [2.24, 2.45) is 0 Å². The number of alkyl carbamates (subject to hydrolysis) is 1. The highest BCUT2D eigenvalue weighted by molar-refractivity contribution is 5.86. The van der Waals surface area contributed by atoms with Crippen LogP contribution in [0.1, 0.15) is 31.3 Å². The summed E-state index contributed by atoms with van der Waals surface area (Å²) < 4.78 is 9.60. The summed E-state index contributed by atoms with van der Waals surface area (Å²) in [5.74, 6) is -0.0470. The highest BCUT2D eigenvalue weighted by Gasteiger charge is 2.15. The van der Waals surface area contributed by atoms with E-state index in [2.05, 4.69) is 25.6 Å². The number of hydrogen-bond donors (Lipinski definition) is 2. The highest BCUT2D eigenvalue weighted by atomic mass is 16.6. The van der Waals surface area contributed by atoms with Crippen LogP contribution < -0.4 is 10.6 Å². The van der Waals surface area contributed by atoms with E-state index in [0.717, 1.165) is 0 Å². The molecule has 0 aliphatic heterocycles. The highest BCUT2D eigenvalue weighted by Crippen LogP contribution is 2.06. The van der Waals surface area contributed by atoms with Crippen LogP contribution in [-0.2, 0) is 9.47 Å². The Bertz CT molecular complexity index is 482. The Morgan fingerprint density at radius 1 is 1.19 bits per heavy atom. The average Bonchev–Trinajstić information content (AvgIpc) is 2.41. The molecule has 1 heterocycles. The van der Waals surface area contributed by atoms with Crippen LogP contribution in [-0.4, -0.2) is 48.1 Å². The van der Waals surface area contributed by atoms with Gasteiger partial charge in [-0.2, -0.15) is 0 Å². The third kappa shape index (κ3) is 6.55. The molecule has 0 saturated heterocycles. The Morgan fingerprint density at radius 3 is 2.43 bits per heavy atom. The number of nitrogens with zero attached hydrogens (tertiary/aromatic N) is 2. The van der Waals surface area contributed by atoms with E-state index in [4.69, 9.17) is 4.74 Å². The van der Waals surface area contributed by atoms with Gasteiger partial charge in [-0.25, -0.2) is 9.59 Å². The first-order chi connectivity index (χ1) is 9.81. The number of carbonyl (C=O) groups is 2. The molecule has 0 bridgehead atoms. The van der Waals surface area contributed by atoms with Crippen LogP contribution in [0.4, 0.5) is 10.6 Å². The molecule has 0 spiro atoms. The molecule has 116 valence electrons. The quantitative estimate of drug-likeness (QED) is 0.621. The standard InChI is InChI=1S/C13H20N4O4/c1-13(2,3)21-12(19)15-8-7-14-10-6-5-9(16-17-10)11(18)20-4/h5-6H,7-8H2,1-4H3,(H,14,17)(H,15,19). The number of amides is 1. The Kier molecular flexibility index (Phi) is 5.89. The summed E-state index contributed by atoms with van der Waals surface area (Å²) in [5.41, 5.74) is -0.387. The van der Waals surface area contributed by atoms with Gasteiger partial charge in [0, 0.05) is 13.1 Å². The van der Waals surface area contributed by atoms with Gasteiger partial charge in [-0.3, -0.25) is 0 Å². The zero-order valence-corrected chi connectivity index (χ0v) is 12.6. The fourth-order valence-electron chi connectivity index (χ4n) is 1.31. The van der Waals surface area contributed by atoms with Crippen molar-refractivity contribution in [3.8, 4) is 0 Å². The van der Waals surface area contributed by atoms with Crippen LogP contribution in [0.5, 0.6) is 0 Å². The Hall–Kier alpha value is -2.38. The van der Waals surface area contributed by atoms with Crippen molar-refractivity contribution in [1.29, 1.82) is 0 Å². The predicted octanol–water partition coefficient (Wildman–Crippen LogP) is 1.20. The fraction of sp³-hybridized carbons (Fsp3) is 0.538. The van der Waals surface area contributed by atoms with Gasteiger partial charge in [-0.1, -0.05) is 0 Å². The zero-order valence-electron chi connectivity index (χ0n) is 12.6. The molecule has 0 fully saturated rings. The summed E-state index contributed by atoms with van der Waals surface area (Å²) in [6.45, 7) is 6.21. The van der Waals surface area contributed by atoms with Crippen molar-refractivity contribution in [3.05, 3.63) is 17.8 Å². The molecular weight excluding hydrogens is 276 g/mol. The molecule has 1 aromatic heterocycles. The average molecular weight is 296 g/mol. The molecule has 0 aliphatic carbocycles. The minimum Gasteiger partial charge on any atom is -0.464 e. The second-order valence-electron chi connectivity index (χ2n) is 5.15. The maximum absolute atomic E-state index is 11.4. The molecule has 21 heavy (non-hydrogen) atoms. The summed E-state index contributed by atoms with van der Waals surface area (Å²) in [4.78, 5) is 22.5. The molecule has 1 amide bonds. The number of esters is 1. The lowest BCUT2D eigenvalue weighted by Crippen LogP contribution is -2.35. The fourth-order valence-corrected chi connectivity index (χ4v) is 1.31. The summed E-state index contributed by atoms with van der Waals surface area (Å²) in [5, 5.41) is 13.1. The summed E-state index contributed by atoms with van der Waals surface area (Å²) >= 11 is 0.